The van der Waals surface area contributed by atoms with Gasteiger partial charge in [0, 0.05) is 37.1 Å². The maximum Gasteiger partial charge on any atom is 0.107 e. The van der Waals surface area contributed by atoms with E-state index >= 15 is 0 Å². The van der Waals surface area contributed by atoms with E-state index in [2.05, 4.69) is 19.4 Å². The maximum atomic E-state index is 10.6. The molecule has 2 aliphatic rings. The third-order valence-electron chi connectivity index (χ3n) is 5.25. The predicted octanol–water partition coefficient (Wildman–Crippen LogP) is 2.09. The van der Waals surface area contributed by atoms with E-state index in [1.807, 2.05) is 30.9 Å². The summed E-state index contributed by atoms with van der Waals surface area (Å²) in [6, 6.07) is 0.184. The van der Waals surface area contributed by atoms with Crippen LogP contribution in [0.4, 0.5) is 0 Å². The van der Waals surface area contributed by atoms with Gasteiger partial charge in [-0.3, -0.25) is 4.90 Å². The fourth-order valence-electron chi connectivity index (χ4n) is 4.19. The zero-order valence-corrected chi connectivity index (χ0v) is 13.6. The molecule has 2 fully saturated rings. The number of hydrogen-bond acceptors (Lipinski definition) is 5. The van der Waals surface area contributed by atoms with Crippen LogP contribution in [0, 0.1) is 18.8 Å². The SMILES string of the molecule is Cc1nccn1[C@H]1C[C@H]2CN(Cc3nccs3)C[C@H]2C[C@@H]1O. The normalized spacial score (nSPS) is 32.3. The molecule has 4 rings (SSSR count). The second kappa shape index (κ2) is 5.76. The standard InChI is InChI=1S/C16H22N4OS/c1-11-17-2-4-20(11)14-6-12-8-19(9-13(12)7-15(14)21)10-16-18-3-5-22-16/h2-5,12-15,21H,6-10H2,1H3/t12-,13+,14-,15-/m0/s1. The smallest absolute Gasteiger partial charge is 0.107 e. The van der Waals surface area contributed by atoms with Gasteiger partial charge in [-0.15, -0.1) is 11.3 Å². The maximum absolute atomic E-state index is 10.6. The van der Waals surface area contributed by atoms with Crippen molar-refractivity contribution < 1.29 is 5.11 Å². The molecule has 5 nitrogen and oxygen atoms in total. The molecule has 0 unspecified atom stereocenters. The second-order valence-electron chi connectivity index (χ2n) is 6.63. The molecule has 3 heterocycles. The molecule has 1 N–H and O–H groups in total. The van der Waals surface area contributed by atoms with Crippen LogP contribution in [0.1, 0.15) is 29.7 Å². The van der Waals surface area contributed by atoms with Crippen LogP contribution in [0.2, 0.25) is 0 Å². The Balaban J connectivity index is 1.45. The van der Waals surface area contributed by atoms with Crippen molar-refractivity contribution in [3.8, 4) is 0 Å². The van der Waals surface area contributed by atoms with Gasteiger partial charge in [0.05, 0.1) is 18.7 Å². The van der Waals surface area contributed by atoms with Gasteiger partial charge in [0.15, 0.2) is 0 Å². The van der Waals surface area contributed by atoms with E-state index in [9.17, 15) is 5.11 Å². The highest BCUT2D eigenvalue weighted by Gasteiger charge is 2.42. The van der Waals surface area contributed by atoms with Crippen molar-refractivity contribution in [1.82, 2.24) is 19.4 Å². The zero-order chi connectivity index (χ0) is 15.1. The van der Waals surface area contributed by atoms with Gasteiger partial charge in [-0.1, -0.05) is 0 Å². The third-order valence-corrected chi connectivity index (χ3v) is 6.01. The summed E-state index contributed by atoms with van der Waals surface area (Å²) in [5.41, 5.74) is 0. The molecule has 0 amide bonds. The monoisotopic (exact) mass is 318 g/mol. The van der Waals surface area contributed by atoms with E-state index in [1.54, 1.807) is 11.3 Å². The molecule has 1 aliphatic heterocycles. The van der Waals surface area contributed by atoms with Gasteiger partial charge < -0.3 is 9.67 Å². The van der Waals surface area contributed by atoms with Crippen molar-refractivity contribution in [2.75, 3.05) is 13.1 Å². The summed E-state index contributed by atoms with van der Waals surface area (Å²) >= 11 is 1.73. The van der Waals surface area contributed by atoms with Crippen molar-refractivity contribution in [3.05, 3.63) is 34.8 Å². The largest absolute Gasteiger partial charge is 0.391 e. The molecule has 0 radical (unpaired) electrons. The summed E-state index contributed by atoms with van der Waals surface area (Å²) in [4.78, 5) is 11.2. The Morgan fingerprint density at radius 1 is 1.23 bits per heavy atom. The number of thiazole rings is 1. The van der Waals surface area contributed by atoms with Gasteiger partial charge in [0.2, 0.25) is 0 Å². The Morgan fingerprint density at radius 3 is 2.73 bits per heavy atom. The van der Waals surface area contributed by atoms with Crippen molar-refractivity contribution >= 4 is 11.3 Å². The Labute approximate surface area is 134 Å². The Morgan fingerprint density at radius 2 is 2.05 bits per heavy atom. The molecule has 2 aromatic heterocycles. The first-order valence-electron chi connectivity index (χ1n) is 7.99. The van der Waals surface area contributed by atoms with E-state index < -0.39 is 0 Å². The number of aryl methyl sites for hydroxylation is 1. The fraction of sp³-hybridized carbons (Fsp3) is 0.625. The summed E-state index contributed by atoms with van der Waals surface area (Å²) in [7, 11) is 0. The lowest BCUT2D eigenvalue weighted by Gasteiger charge is -2.36. The molecule has 2 aromatic rings. The number of aliphatic hydroxyl groups excluding tert-OH is 1. The van der Waals surface area contributed by atoms with Gasteiger partial charge in [-0.25, -0.2) is 9.97 Å². The van der Waals surface area contributed by atoms with Gasteiger partial charge in [-0.05, 0) is 31.6 Å². The Bertz CT molecular complexity index is 626. The first kappa shape index (κ1) is 14.4. The van der Waals surface area contributed by atoms with E-state index in [1.165, 1.54) is 5.01 Å². The average Bonchev–Trinajstić information content (AvgIpc) is 3.19. The highest BCUT2D eigenvalue weighted by Crippen LogP contribution is 2.41. The lowest BCUT2D eigenvalue weighted by molar-refractivity contribution is 0.0349. The van der Waals surface area contributed by atoms with Crippen LogP contribution in [-0.4, -0.2) is 43.7 Å². The van der Waals surface area contributed by atoms with Crippen LogP contribution >= 0.6 is 11.3 Å². The van der Waals surface area contributed by atoms with Gasteiger partial charge >= 0.3 is 0 Å². The first-order chi connectivity index (χ1) is 10.7. The lowest BCUT2D eigenvalue weighted by Crippen LogP contribution is -2.36. The van der Waals surface area contributed by atoms with Gasteiger partial charge in [0.1, 0.15) is 10.8 Å². The van der Waals surface area contributed by atoms with E-state index in [4.69, 9.17) is 0 Å². The number of rotatable bonds is 3. The minimum absolute atomic E-state index is 0.184. The number of fused-ring (bicyclic) bond motifs is 1. The predicted molar refractivity (Wildman–Crippen MR) is 85.6 cm³/mol. The average molecular weight is 318 g/mol. The minimum Gasteiger partial charge on any atom is -0.391 e. The minimum atomic E-state index is -0.256. The zero-order valence-electron chi connectivity index (χ0n) is 12.8. The first-order valence-corrected chi connectivity index (χ1v) is 8.87. The molecule has 1 saturated carbocycles. The van der Waals surface area contributed by atoms with Crippen LogP contribution in [0.3, 0.4) is 0 Å². The molecule has 6 heteroatoms. The molecular formula is C16H22N4OS. The molecule has 1 aliphatic carbocycles. The summed E-state index contributed by atoms with van der Waals surface area (Å²) in [6.07, 6.45) is 7.42. The number of likely N-dealkylation sites (tertiary alicyclic amines) is 1. The molecule has 118 valence electrons. The summed E-state index contributed by atoms with van der Waals surface area (Å²) in [6.45, 7) is 5.19. The number of aromatic nitrogens is 3. The van der Waals surface area contributed by atoms with E-state index in [0.29, 0.717) is 11.8 Å². The molecule has 22 heavy (non-hydrogen) atoms. The molecule has 4 atom stereocenters. The summed E-state index contributed by atoms with van der Waals surface area (Å²) < 4.78 is 2.16. The molecular weight excluding hydrogens is 296 g/mol. The Kier molecular flexibility index (Phi) is 3.76. The Hall–Kier alpha value is -1.24. The van der Waals surface area contributed by atoms with Gasteiger partial charge in [-0.2, -0.15) is 0 Å². The molecule has 0 bridgehead atoms. The summed E-state index contributed by atoms with van der Waals surface area (Å²) in [5.74, 6) is 2.30. The van der Waals surface area contributed by atoms with Crippen LogP contribution in [0.5, 0.6) is 0 Å². The van der Waals surface area contributed by atoms with E-state index in [-0.39, 0.29) is 12.1 Å². The van der Waals surface area contributed by atoms with E-state index in [0.717, 1.165) is 38.3 Å². The third kappa shape index (κ3) is 2.59. The molecule has 1 saturated heterocycles. The number of nitrogens with zero attached hydrogens (tertiary/aromatic N) is 4. The molecule has 0 aromatic carbocycles. The van der Waals surface area contributed by atoms with Gasteiger partial charge in [0.25, 0.3) is 0 Å². The van der Waals surface area contributed by atoms with Crippen LogP contribution in [0.15, 0.2) is 24.0 Å². The number of imidazole rings is 1. The molecule has 0 spiro atoms. The van der Waals surface area contributed by atoms with Crippen molar-refractivity contribution in [2.45, 2.75) is 38.5 Å². The number of hydrogen-bond donors (Lipinski definition) is 1. The number of aliphatic hydroxyl groups is 1. The quantitative estimate of drug-likeness (QED) is 0.941. The lowest BCUT2D eigenvalue weighted by atomic mass is 9.77. The van der Waals surface area contributed by atoms with Crippen LogP contribution in [0.25, 0.3) is 0 Å². The van der Waals surface area contributed by atoms with Crippen LogP contribution < -0.4 is 0 Å². The second-order valence-corrected chi connectivity index (χ2v) is 7.61. The van der Waals surface area contributed by atoms with Crippen molar-refractivity contribution in [3.63, 3.8) is 0 Å². The van der Waals surface area contributed by atoms with Crippen LogP contribution in [-0.2, 0) is 6.54 Å². The highest BCUT2D eigenvalue weighted by atomic mass is 32.1. The summed E-state index contributed by atoms with van der Waals surface area (Å²) in [5, 5.41) is 13.8. The fourth-order valence-corrected chi connectivity index (χ4v) is 4.85. The topological polar surface area (TPSA) is 54.2 Å². The highest BCUT2D eigenvalue weighted by molar-refractivity contribution is 7.09. The van der Waals surface area contributed by atoms with Crippen molar-refractivity contribution in [1.29, 1.82) is 0 Å². The van der Waals surface area contributed by atoms with Crippen molar-refractivity contribution in [2.24, 2.45) is 11.8 Å².